The molecule has 1 aliphatic heterocycles. The smallest absolute Gasteiger partial charge is 0.306 e. The predicted molar refractivity (Wildman–Crippen MR) is 380 cm³/mol. The second kappa shape index (κ2) is 66.6. The number of nitrogens with one attached hydrogen (secondary N) is 1. The number of hydrogen-bond acceptors (Lipinski definition) is 10. The average Bonchev–Trinajstić information content (AvgIpc) is 1.18. The lowest BCUT2D eigenvalue weighted by atomic mass is 9.99. The maximum Gasteiger partial charge on any atom is 0.306 e. The van der Waals surface area contributed by atoms with Crippen LogP contribution in [0.15, 0.2) is 48.6 Å². The SMILES string of the molecule is CCCCC/C=C\C/C=C\C/C=C\CCCCCCCCCCCCCCC(=O)OC1C(OCC(NC(=O)C(O)CCCCCCCCCCCCCCCCCCCCCCCCCC)C(O)/C=C/CCCCCCCCCCCC)OC(CO)C(O)C1O. The molecule has 8 unspecified atom stereocenters. The van der Waals surface area contributed by atoms with E-state index in [-0.39, 0.29) is 13.0 Å². The fourth-order valence-electron chi connectivity index (χ4n) is 12.4. The first kappa shape index (κ1) is 85.6. The van der Waals surface area contributed by atoms with E-state index in [1.807, 2.05) is 6.08 Å². The fourth-order valence-corrected chi connectivity index (χ4v) is 12.4. The second-order valence-electron chi connectivity index (χ2n) is 27.1. The Kier molecular flexibility index (Phi) is 63.4. The maximum absolute atomic E-state index is 13.5. The van der Waals surface area contributed by atoms with E-state index in [9.17, 15) is 35.1 Å². The Labute approximate surface area is 555 Å². The number of esters is 1. The molecule has 0 spiro atoms. The van der Waals surface area contributed by atoms with E-state index in [1.54, 1.807) is 6.08 Å². The molecule has 1 heterocycles. The van der Waals surface area contributed by atoms with Crippen LogP contribution in [0.25, 0.3) is 0 Å². The zero-order chi connectivity index (χ0) is 65.3. The third kappa shape index (κ3) is 52.9. The summed E-state index contributed by atoms with van der Waals surface area (Å²) in [6, 6.07) is -1.02. The van der Waals surface area contributed by atoms with Crippen LogP contribution in [0.5, 0.6) is 0 Å². The van der Waals surface area contributed by atoms with Gasteiger partial charge in [-0.3, -0.25) is 9.59 Å². The van der Waals surface area contributed by atoms with E-state index in [0.717, 1.165) is 70.6 Å². The van der Waals surface area contributed by atoms with Crippen molar-refractivity contribution in [2.45, 2.75) is 429 Å². The number of hydrogen-bond donors (Lipinski definition) is 6. The second-order valence-corrected chi connectivity index (χ2v) is 27.1. The highest BCUT2D eigenvalue weighted by Crippen LogP contribution is 2.27. The van der Waals surface area contributed by atoms with Gasteiger partial charge in [0.2, 0.25) is 5.91 Å². The molecule has 6 N–H and O–H groups in total. The highest BCUT2D eigenvalue weighted by atomic mass is 16.7. The van der Waals surface area contributed by atoms with Gasteiger partial charge in [-0.15, -0.1) is 0 Å². The van der Waals surface area contributed by atoms with Gasteiger partial charge >= 0.3 is 5.97 Å². The van der Waals surface area contributed by atoms with Gasteiger partial charge in [0.05, 0.1) is 25.4 Å². The number of aliphatic hydroxyl groups is 5. The van der Waals surface area contributed by atoms with Crippen LogP contribution in [0, 0.1) is 0 Å². The van der Waals surface area contributed by atoms with Crippen molar-refractivity contribution in [1.82, 2.24) is 5.32 Å². The van der Waals surface area contributed by atoms with Gasteiger partial charge in [-0.2, -0.15) is 0 Å². The van der Waals surface area contributed by atoms with Gasteiger partial charge in [0.1, 0.15) is 24.4 Å². The van der Waals surface area contributed by atoms with Crippen molar-refractivity contribution in [2.75, 3.05) is 13.2 Å². The summed E-state index contributed by atoms with van der Waals surface area (Å²) in [4.78, 5) is 26.8. The largest absolute Gasteiger partial charge is 0.454 e. The van der Waals surface area contributed by atoms with Crippen molar-refractivity contribution in [3.63, 3.8) is 0 Å². The molecule has 528 valence electrons. The van der Waals surface area contributed by atoms with Crippen LogP contribution < -0.4 is 5.32 Å². The molecule has 11 heteroatoms. The maximum atomic E-state index is 13.5. The summed E-state index contributed by atoms with van der Waals surface area (Å²) in [7, 11) is 0. The van der Waals surface area contributed by atoms with Crippen molar-refractivity contribution in [1.29, 1.82) is 0 Å². The Morgan fingerprint density at radius 1 is 0.433 bits per heavy atom. The number of rotatable bonds is 68. The number of carbonyl (C=O) groups excluding carboxylic acids is 2. The first-order valence-corrected chi connectivity index (χ1v) is 38.9. The van der Waals surface area contributed by atoms with Crippen molar-refractivity contribution < 1.29 is 49.3 Å². The molecule has 0 aromatic rings. The Hall–Kier alpha value is -2.38. The molecule has 11 nitrogen and oxygen atoms in total. The lowest BCUT2D eigenvalue weighted by Crippen LogP contribution is -2.61. The summed E-state index contributed by atoms with van der Waals surface area (Å²) < 4.78 is 17.7. The van der Waals surface area contributed by atoms with E-state index in [2.05, 4.69) is 62.5 Å². The van der Waals surface area contributed by atoms with Crippen molar-refractivity contribution in [3.05, 3.63) is 48.6 Å². The van der Waals surface area contributed by atoms with Crippen molar-refractivity contribution in [3.8, 4) is 0 Å². The highest BCUT2D eigenvalue weighted by molar-refractivity contribution is 5.80. The standard InChI is InChI=1S/C79H147NO10/c1-4-7-10-13-16-19-22-25-27-29-31-33-35-37-39-41-43-45-47-49-52-55-58-61-64-67-74(84)90-77-76(86)75(85)73(68-81)89-79(77)88-69-70(71(82)65-62-59-56-53-50-24-21-18-15-12-9-6-3)80-78(87)72(83)66-63-60-57-54-51-48-46-44-42-40-38-36-34-32-30-28-26-23-20-17-14-11-8-5-2/h16,19,25,27,31,33,62,65,70-73,75-77,79,81-83,85-86H,4-15,17-18,20-24,26,28-30,32,34-61,63-64,66-69H2,1-3H3,(H,80,87)/b19-16-,27-25-,33-31-,65-62+. The molecule has 0 saturated carbocycles. The van der Waals surface area contributed by atoms with Gasteiger partial charge in [-0.1, -0.05) is 358 Å². The normalized spacial score (nSPS) is 18.2. The van der Waals surface area contributed by atoms with Crippen LogP contribution in [0.4, 0.5) is 0 Å². The molecule has 1 saturated heterocycles. The first-order valence-electron chi connectivity index (χ1n) is 38.9. The summed E-state index contributed by atoms with van der Waals surface area (Å²) in [6.07, 6.45) is 74.5. The van der Waals surface area contributed by atoms with Gasteiger partial charge in [0.25, 0.3) is 0 Å². The van der Waals surface area contributed by atoms with E-state index in [0.29, 0.717) is 19.3 Å². The van der Waals surface area contributed by atoms with Crippen LogP contribution in [0.1, 0.15) is 380 Å². The van der Waals surface area contributed by atoms with Crippen LogP contribution in [0.2, 0.25) is 0 Å². The number of aliphatic hydroxyl groups excluding tert-OH is 5. The lowest BCUT2D eigenvalue weighted by Gasteiger charge is -2.41. The molecule has 1 aliphatic rings. The predicted octanol–water partition coefficient (Wildman–Crippen LogP) is 20.7. The van der Waals surface area contributed by atoms with E-state index >= 15 is 0 Å². The van der Waals surface area contributed by atoms with Gasteiger partial charge in [-0.05, 0) is 64.2 Å². The minimum absolute atomic E-state index is 0.123. The minimum Gasteiger partial charge on any atom is -0.454 e. The third-order valence-electron chi connectivity index (χ3n) is 18.5. The van der Waals surface area contributed by atoms with Crippen molar-refractivity contribution in [2.24, 2.45) is 0 Å². The summed E-state index contributed by atoms with van der Waals surface area (Å²) >= 11 is 0. The zero-order valence-electron chi connectivity index (χ0n) is 59.0. The number of amides is 1. The van der Waals surface area contributed by atoms with Gasteiger partial charge < -0.3 is 45.1 Å². The lowest BCUT2D eigenvalue weighted by molar-refractivity contribution is -0.305. The Balaban J connectivity index is 2.51. The average molecular weight is 1270 g/mol. The molecule has 1 fully saturated rings. The van der Waals surface area contributed by atoms with Gasteiger partial charge in [-0.25, -0.2) is 0 Å². The fraction of sp³-hybridized carbons (Fsp3) is 0.873. The van der Waals surface area contributed by atoms with Crippen LogP contribution in [0.3, 0.4) is 0 Å². The quantitative estimate of drug-likeness (QED) is 0.0195. The molecule has 0 aromatic carbocycles. The Morgan fingerprint density at radius 3 is 1.17 bits per heavy atom. The van der Waals surface area contributed by atoms with E-state index < -0.39 is 67.4 Å². The van der Waals surface area contributed by atoms with Crippen LogP contribution in [-0.2, 0) is 23.8 Å². The molecule has 1 amide bonds. The topological polar surface area (TPSA) is 175 Å². The first-order chi connectivity index (χ1) is 44.2. The molecular weight excluding hydrogens is 1120 g/mol. The number of allylic oxidation sites excluding steroid dienone is 7. The molecule has 0 radical (unpaired) electrons. The highest BCUT2D eigenvalue weighted by Gasteiger charge is 2.47. The summed E-state index contributed by atoms with van der Waals surface area (Å²) in [5, 5.41) is 57.4. The zero-order valence-corrected chi connectivity index (χ0v) is 59.0. The molecular formula is C79H147NO10. The van der Waals surface area contributed by atoms with E-state index in [1.165, 1.54) is 263 Å². The minimum atomic E-state index is -1.61. The summed E-state index contributed by atoms with van der Waals surface area (Å²) in [6.45, 7) is 5.83. The Morgan fingerprint density at radius 2 is 0.767 bits per heavy atom. The summed E-state index contributed by atoms with van der Waals surface area (Å²) in [5.74, 6) is -1.18. The number of ether oxygens (including phenoxy) is 3. The van der Waals surface area contributed by atoms with Gasteiger partial charge in [0.15, 0.2) is 12.4 Å². The van der Waals surface area contributed by atoms with E-state index in [4.69, 9.17) is 14.2 Å². The van der Waals surface area contributed by atoms with Gasteiger partial charge in [0, 0.05) is 6.42 Å². The molecule has 0 aliphatic carbocycles. The Bertz CT molecular complexity index is 1650. The summed E-state index contributed by atoms with van der Waals surface area (Å²) in [5.41, 5.74) is 0. The molecule has 1 rings (SSSR count). The monoisotopic (exact) mass is 1270 g/mol. The molecule has 0 bridgehead atoms. The van der Waals surface area contributed by atoms with Crippen LogP contribution >= 0.6 is 0 Å². The van der Waals surface area contributed by atoms with Crippen LogP contribution in [-0.4, -0.2) is 99.6 Å². The number of carbonyl (C=O) groups is 2. The molecule has 90 heavy (non-hydrogen) atoms. The number of unbranched alkanes of at least 4 members (excludes halogenated alkanes) is 48. The molecule has 8 atom stereocenters. The molecule has 0 aromatic heterocycles. The van der Waals surface area contributed by atoms with Crippen molar-refractivity contribution >= 4 is 11.9 Å². The third-order valence-corrected chi connectivity index (χ3v) is 18.5.